The van der Waals surface area contributed by atoms with Crippen molar-refractivity contribution < 1.29 is 0 Å². The van der Waals surface area contributed by atoms with E-state index in [1.165, 1.54) is 83.5 Å². The summed E-state index contributed by atoms with van der Waals surface area (Å²) in [6, 6.07) is 0. The second-order valence-electron chi connectivity index (χ2n) is 7.37. The molecule has 0 bridgehead atoms. The summed E-state index contributed by atoms with van der Waals surface area (Å²) < 4.78 is 0. The molecule has 0 aliphatic carbocycles. The first-order valence-corrected chi connectivity index (χ1v) is 10.2. The molecule has 0 saturated heterocycles. The molecule has 0 aromatic rings. The molecule has 0 N–H and O–H groups in total. The molecule has 0 radical (unpaired) electrons. The van der Waals surface area contributed by atoms with Crippen molar-refractivity contribution in [3.8, 4) is 0 Å². The van der Waals surface area contributed by atoms with Gasteiger partial charge in [0.25, 0.3) is 0 Å². The Labute approximate surface area is 136 Å². The zero-order chi connectivity index (χ0) is 15.9. The predicted octanol–water partition coefficient (Wildman–Crippen LogP) is 8.01. The molecule has 0 rings (SSSR count). The van der Waals surface area contributed by atoms with Crippen molar-refractivity contribution in [1.82, 2.24) is 0 Å². The van der Waals surface area contributed by atoms with E-state index >= 15 is 0 Å². The third-order valence-electron chi connectivity index (χ3n) is 5.40. The van der Waals surface area contributed by atoms with Gasteiger partial charge in [-0.05, 0) is 17.8 Å². The fourth-order valence-electron chi connectivity index (χ4n) is 4.00. The molecule has 0 amide bonds. The maximum Gasteiger partial charge on any atom is -0.0391 e. The maximum absolute atomic E-state index is 2.49. The zero-order valence-corrected chi connectivity index (χ0v) is 15.9. The van der Waals surface area contributed by atoms with Crippen LogP contribution in [0.4, 0.5) is 0 Å². The van der Waals surface area contributed by atoms with E-state index in [4.69, 9.17) is 0 Å². The Morgan fingerprint density at radius 1 is 0.571 bits per heavy atom. The van der Waals surface area contributed by atoms with Crippen LogP contribution in [0.2, 0.25) is 0 Å². The van der Waals surface area contributed by atoms with Crippen LogP contribution in [-0.4, -0.2) is 0 Å². The molecule has 0 spiro atoms. The lowest BCUT2D eigenvalue weighted by molar-refractivity contribution is 0.296. The third kappa shape index (κ3) is 11.2. The van der Waals surface area contributed by atoms with E-state index < -0.39 is 0 Å². The Balaban J connectivity index is 3.61. The molecule has 0 aromatic carbocycles. The van der Waals surface area contributed by atoms with Crippen LogP contribution in [0.5, 0.6) is 0 Å². The summed E-state index contributed by atoms with van der Waals surface area (Å²) in [6.07, 6.45) is 18.7. The van der Waals surface area contributed by atoms with Gasteiger partial charge in [-0.3, -0.25) is 0 Å². The molecule has 128 valence electrons. The smallest absolute Gasteiger partial charge is 0.0391 e. The van der Waals surface area contributed by atoms with Gasteiger partial charge >= 0.3 is 0 Å². The van der Waals surface area contributed by atoms with Crippen LogP contribution < -0.4 is 0 Å². The van der Waals surface area contributed by atoms with Crippen molar-refractivity contribution in [2.45, 2.75) is 118 Å². The third-order valence-corrected chi connectivity index (χ3v) is 5.40. The van der Waals surface area contributed by atoms with Gasteiger partial charge in [0.2, 0.25) is 0 Å². The van der Waals surface area contributed by atoms with Gasteiger partial charge in [0.15, 0.2) is 0 Å². The summed E-state index contributed by atoms with van der Waals surface area (Å²) in [5, 5.41) is 0. The Hall–Kier alpha value is 0. The minimum Gasteiger partial charge on any atom is -0.0654 e. The van der Waals surface area contributed by atoms with E-state index in [-0.39, 0.29) is 0 Å². The summed E-state index contributed by atoms with van der Waals surface area (Å²) in [4.78, 5) is 0. The van der Waals surface area contributed by atoms with Crippen molar-refractivity contribution >= 4 is 0 Å². The molecule has 0 saturated carbocycles. The van der Waals surface area contributed by atoms with Gasteiger partial charge in [0, 0.05) is 0 Å². The summed E-state index contributed by atoms with van der Waals surface area (Å²) >= 11 is 0. The predicted molar refractivity (Wildman–Crippen MR) is 98.9 cm³/mol. The highest BCUT2D eigenvalue weighted by molar-refractivity contribution is 4.65. The Morgan fingerprint density at radius 3 is 1.57 bits per heavy atom. The van der Waals surface area contributed by atoms with Crippen molar-refractivity contribution in [3.05, 3.63) is 0 Å². The lowest BCUT2D eigenvalue weighted by atomic mass is 9.84. The average Bonchev–Trinajstić information content (AvgIpc) is 2.48. The lowest BCUT2D eigenvalue weighted by Gasteiger charge is -2.22. The van der Waals surface area contributed by atoms with Gasteiger partial charge in [-0.1, -0.05) is 118 Å². The van der Waals surface area contributed by atoms with E-state index in [9.17, 15) is 0 Å². The van der Waals surface area contributed by atoms with Gasteiger partial charge < -0.3 is 0 Å². The molecule has 0 aromatic heterocycles. The number of unbranched alkanes of at least 4 members (excludes halogenated alkanes) is 3. The molecular weight excluding hydrogens is 252 g/mol. The Bertz CT molecular complexity index is 190. The zero-order valence-electron chi connectivity index (χ0n) is 15.9. The van der Waals surface area contributed by atoms with Gasteiger partial charge in [-0.2, -0.15) is 0 Å². The highest BCUT2D eigenvalue weighted by Gasteiger charge is 2.13. The van der Waals surface area contributed by atoms with Crippen molar-refractivity contribution in [3.63, 3.8) is 0 Å². The molecule has 2 unspecified atom stereocenters. The maximum atomic E-state index is 2.49. The highest BCUT2D eigenvalue weighted by Crippen LogP contribution is 2.26. The molecule has 0 nitrogen and oxygen atoms in total. The summed E-state index contributed by atoms with van der Waals surface area (Å²) in [5.74, 6) is 2.95. The summed E-state index contributed by atoms with van der Waals surface area (Å²) in [6.45, 7) is 11.9. The number of hydrogen-bond acceptors (Lipinski definition) is 0. The molecule has 0 heterocycles. The van der Waals surface area contributed by atoms with Crippen LogP contribution in [0.25, 0.3) is 0 Å². The first-order chi connectivity index (χ1) is 10.2. The van der Waals surface area contributed by atoms with Crippen molar-refractivity contribution in [2.24, 2.45) is 17.8 Å². The minimum absolute atomic E-state index is 0.947. The SMILES string of the molecule is CCCC(CCC)CCCCCCC(C)C(CC)CCC. The van der Waals surface area contributed by atoms with Gasteiger partial charge in [0.1, 0.15) is 0 Å². The van der Waals surface area contributed by atoms with Crippen molar-refractivity contribution in [1.29, 1.82) is 0 Å². The average molecular weight is 297 g/mol. The standard InChI is InChI=1S/C21H44/c1-6-14-20(15-7-2)18-13-11-10-12-17-19(5)21(9-4)16-8-3/h19-21H,6-18H2,1-5H3. The van der Waals surface area contributed by atoms with Crippen LogP contribution >= 0.6 is 0 Å². The summed E-state index contributed by atoms with van der Waals surface area (Å²) in [5.41, 5.74) is 0. The quantitative estimate of drug-likeness (QED) is 0.268. The second kappa shape index (κ2) is 14.9. The molecule has 2 atom stereocenters. The highest BCUT2D eigenvalue weighted by atomic mass is 14.2. The van der Waals surface area contributed by atoms with Gasteiger partial charge in [0.05, 0.1) is 0 Å². The van der Waals surface area contributed by atoms with Crippen LogP contribution in [0.15, 0.2) is 0 Å². The molecule has 0 aliphatic rings. The molecular formula is C21H44. The normalized spacial score (nSPS) is 14.6. The minimum atomic E-state index is 0.947. The van der Waals surface area contributed by atoms with E-state index in [0.717, 1.165) is 17.8 Å². The molecule has 0 fully saturated rings. The van der Waals surface area contributed by atoms with E-state index in [1.54, 1.807) is 0 Å². The van der Waals surface area contributed by atoms with E-state index in [2.05, 4.69) is 34.6 Å². The summed E-state index contributed by atoms with van der Waals surface area (Å²) in [7, 11) is 0. The first kappa shape index (κ1) is 21.0. The topological polar surface area (TPSA) is 0 Å². The monoisotopic (exact) mass is 296 g/mol. The Kier molecular flexibility index (Phi) is 14.9. The molecule has 0 heteroatoms. The number of hydrogen-bond donors (Lipinski definition) is 0. The first-order valence-electron chi connectivity index (χ1n) is 10.2. The molecule has 21 heavy (non-hydrogen) atoms. The largest absolute Gasteiger partial charge is 0.0654 e. The van der Waals surface area contributed by atoms with Crippen LogP contribution in [0, 0.1) is 17.8 Å². The van der Waals surface area contributed by atoms with Crippen LogP contribution in [0.3, 0.4) is 0 Å². The fourth-order valence-corrected chi connectivity index (χ4v) is 4.00. The second-order valence-corrected chi connectivity index (χ2v) is 7.37. The lowest BCUT2D eigenvalue weighted by Crippen LogP contribution is -2.10. The number of rotatable bonds is 15. The van der Waals surface area contributed by atoms with Crippen molar-refractivity contribution in [2.75, 3.05) is 0 Å². The van der Waals surface area contributed by atoms with Crippen LogP contribution in [0.1, 0.15) is 118 Å². The fraction of sp³-hybridized carbons (Fsp3) is 1.00. The van der Waals surface area contributed by atoms with Gasteiger partial charge in [-0.15, -0.1) is 0 Å². The molecule has 0 aliphatic heterocycles. The van der Waals surface area contributed by atoms with E-state index in [0.29, 0.717) is 0 Å². The van der Waals surface area contributed by atoms with Gasteiger partial charge in [-0.25, -0.2) is 0 Å². The van der Waals surface area contributed by atoms with E-state index in [1.807, 2.05) is 0 Å². The van der Waals surface area contributed by atoms with Crippen LogP contribution in [-0.2, 0) is 0 Å². The Morgan fingerprint density at radius 2 is 1.10 bits per heavy atom.